The number of nitrogens with zero attached hydrogens (tertiary/aromatic N) is 1. The maximum Gasteiger partial charge on any atom is 0.234 e. The summed E-state index contributed by atoms with van der Waals surface area (Å²) in [5, 5.41) is 2.96. The number of carbonyl (C=O) groups excluding carboxylic acids is 1. The van der Waals surface area contributed by atoms with Crippen LogP contribution in [0.25, 0.3) is 0 Å². The van der Waals surface area contributed by atoms with Crippen LogP contribution in [0.4, 0.5) is 0 Å². The van der Waals surface area contributed by atoms with E-state index in [0.29, 0.717) is 30.3 Å². The highest BCUT2D eigenvalue weighted by atomic mass is 16.5. The van der Waals surface area contributed by atoms with Gasteiger partial charge in [0.1, 0.15) is 17.2 Å². The van der Waals surface area contributed by atoms with Crippen LogP contribution >= 0.6 is 0 Å². The van der Waals surface area contributed by atoms with Gasteiger partial charge in [0, 0.05) is 31.3 Å². The molecule has 1 aromatic rings. The van der Waals surface area contributed by atoms with Gasteiger partial charge in [0.15, 0.2) is 0 Å². The number of ether oxygens (including phenoxy) is 3. The third-order valence-electron chi connectivity index (χ3n) is 5.04. The highest BCUT2D eigenvalue weighted by Gasteiger charge is 2.33. The second-order valence-electron chi connectivity index (χ2n) is 7.38. The molecule has 1 unspecified atom stereocenters. The number of piperidine rings is 1. The Hall–Kier alpha value is -1.99. The number of hydrogen-bond acceptors (Lipinski definition) is 6. The number of likely N-dealkylation sites (tertiary alicyclic amines) is 1. The molecule has 1 aromatic carbocycles. The molecule has 1 heterocycles. The minimum Gasteiger partial charge on any atom is -0.496 e. The molecule has 1 aliphatic heterocycles. The number of amides is 1. The maximum atomic E-state index is 12.4. The lowest BCUT2D eigenvalue weighted by molar-refractivity contribution is -0.123. The highest BCUT2D eigenvalue weighted by molar-refractivity contribution is 5.78. The minimum atomic E-state index is -0.0313. The van der Waals surface area contributed by atoms with Gasteiger partial charge in [-0.15, -0.1) is 0 Å². The SMILES string of the molecule is COc1cc(OC)c(CNC(=O)CN2CCC(N)C(C)(C)C2)c(OC)c1. The third kappa shape index (κ3) is 4.80. The molecule has 1 fully saturated rings. The molecule has 1 atom stereocenters. The molecule has 146 valence electrons. The van der Waals surface area contributed by atoms with Gasteiger partial charge >= 0.3 is 0 Å². The van der Waals surface area contributed by atoms with Gasteiger partial charge in [-0.05, 0) is 11.8 Å². The summed E-state index contributed by atoms with van der Waals surface area (Å²) < 4.78 is 16.1. The number of nitrogens with two attached hydrogens (primary N) is 1. The number of rotatable bonds is 7. The molecule has 26 heavy (non-hydrogen) atoms. The fourth-order valence-electron chi connectivity index (χ4n) is 3.32. The third-order valence-corrected chi connectivity index (χ3v) is 5.04. The van der Waals surface area contributed by atoms with E-state index in [1.807, 2.05) is 0 Å². The minimum absolute atomic E-state index is 0.0148. The van der Waals surface area contributed by atoms with Crippen molar-refractivity contribution in [1.82, 2.24) is 10.2 Å². The van der Waals surface area contributed by atoms with Gasteiger partial charge in [-0.2, -0.15) is 0 Å². The molecule has 1 aliphatic rings. The fourth-order valence-corrected chi connectivity index (χ4v) is 3.32. The Balaban J connectivity index is 1.99. The molecule has 1 amide bonds. The van der Waals surface area contributed by atoms with Gasteiger partial charge in [0.25, 0.3) is 0 Å². The topological polar surface area (TPSA) is 86.1 Å². The first-order chi connectivity index (χ1) is 12.3. The molecule has 2 rings (SSSR count). The van der Waals surface area contributed by atoms with E-state index in [2.05, 4.69) is 24.1 Å². The molecule has 0 aliphatic carbocycles. The molecule has 1 saturated heterocycles. The quantitative estimate of drug-likeness (QED) is 0.759. The first-order valence-electron chi connectivity index (χ1n) is 8.84. The Morgan fingerprint density at radius 2 is 1.85 bits per heavy atom. The van der Waals surface area contributed by atoms with Crippen molar-refractivity contribution in [2.24, 2.45) is 11.1 Å². The standard InChI is InChI=1S/C19H31N3O4/c1-19(2)12-22(7-6-17(19)20)11-18(23)21-10-14-15(25-4)8-13(24-3)9-16(14)26-5/h8-9,17H,6-7,10-12,20H2,1-5H3,(H,21,23). The summed E-state index contributed by atoms with van der Waals surface area (Å²) in [4.78, 5) is 14.6. The molecule has 0 radical (unpaired) electrons. The maximum absolute atomic E-state index is 12.4. The predicted molar refractivity (Wildman–Crippen MR) is 101 cm³/mol. The average Bonchev–Trinajstić information content (AvgIpc) is 2.61. The van der Waals surface area contributed by atoms with Crippen molar-refractivity contribution in [3.8, 4) is 17.2 Å². The number of hydrogen-bond donors (Lipinski definition) is 2. The van der Waals surface area contributed by atoms with Crippen molar-refractivity contribution >= 4 is 5.91 Å². The van der Waals surface area contributed by atoms with Crippen molar-refractivity contribution in [2.45, 2.75) is 32.9 Å². The van der Waals surface area contributed by atoms with E-state index < -0.39 is 0 Å². The summed E-state index contributed by atoms with van der Waals surface area (Å²) in [7, 11) is 4.75. The molecular formula is C19H31N3O4. The van der Waals surface area contributed by atoms with Crippen LogP contribution in [0.1, 0.15) is 25.8 Å². The Labute approximate surface area is 155 Å². The monoisotopic (exact) mass is 365 g/mol. The van der Waals surface area contributed by atoms with Crippen molar-refractivity contribution in [3.05, 3.63) is 17.7 Å². The summed E-state index contributed by atoms with van der Waals surface area (Å²) >= 11 is 0. The van der Waals surface area contributed by atoms with Crippen LogP contribution in [0, 0.1) is 5.41 Å². The zero-order valence-corrected chi connectivity index (χ0v) is 16.4. The van der Waals surface area contributed by atoms with Crippen LogP contribution in [-0.4, -0.2) is 57.8 Å². The molecule has 3 N–H and O–H groups in total. The molecule has 0 aromatic heterocycles. The number of methoxy groups -OCH3 is 3. The number of carbonyl (C=O) groups is 1. The van der Waals surface area contributed by atoms with Crippen LogP contribution < -0.4 is 25.3 Å². The highest BCUT2D eigenvalue weighted by Crippen LogP contribution is 2.34. The fraction of sp³-hybridized carbons (Fsp3) is 0.632. The molecule has 0 spiro atoms. The van der Waals surface area contributed by atoms with Gasteiger partial charge in [-0.25, -0.2) is 0 Å². The second kappa shape index (κ2) is 8.60. The predicted octanol–water partition coefficient (Wildman–Crippen LogP) is 1.39. The van der Waals surface area contributed by atoms with E-state index in [9.17, 15) is 4.79 Å². The van der Waals surface area contributed by atoms with Crippen LogP contribution in [0.15, 0.2) is 12.1 Å². The number of nitrogens with one attached hydrogen (secondary N) is 1. The molecular weight excluding hydrogens is 334 g/mol. The van der Waals surface area contributed by atoms with Crippen LogP contribution in [0.5, 0.6) is 17.2 Å². The Morgan fingerprint density at radius 3 is 2.35 bits per heavy atom. The second-order valence-corrected chi connectivity index (χ2v) is 7.38. The summed E-state index contributed by atoms with van der Waals surface area (Å²) in [6.45, 7) is 6.64. The van der Waals surface area contributed by atoms with Crippen molar-refractivity contribution in [1.29, 1.82) is 0 Å². The Morgan fingerprint density at radius 1 is 1.23 bits per heavy atom. The van der Waals surface area contributed by atoms with E-state index in [4.69, 9.17) is 19.9 Å². The summed E-state index contributed by atoms with van der Waals surface area (Å²) in [5.41, 5.74) is 6.96. The van der Waals surface area contributed by atoms with Gasteiger partial charge in [0.05, 0.1) is 40.0 Å². The van der Waals surface area contributed by atoms with E-state index in [1.165, 1.54) is 0 Å². The van der Waals surface area contributed by atoms with E-state index in [1.54, 1.807) is 33.5 Å². The molecule has 0 saturated carbocycles. The normalized spacial score (nSPS) is 19.7. The largest absolute Gasteiger partial charge is 0.496 e. The zero-order chi connectivity index (χ0) is 19.3. The molecule has 7 heteroatoms. The lowest BCUT2D eigenvalue weighted by Crippen LogP contribution is -2.54. The van der Waals surface area contributed by atoms with Gasteiger partial charge < -0.3 is 25.3 Å². The van der Waals surface area contributed by atoms with Crippen molar-refractivity contribution < 1.29 is 19.0 Å². The zero-order valence-electron chi connectivity index (χ0n) is 16.4. The van der Waals surface area contributed by atoms with Crippen LogP contribution in [-0.2, 0) is 11.3 Å². The molecule has 7 nitrogen and oxygen atoms in total. The van der Waals surface area contributed by atoms with E-state index in [-0.39, 0.29) is 17.4 Å². The summed E-state index contributed by atoms with van der Waals surface area (Å²) in [6, 6.07) is 3.73. The van der Waals surface area contributed by atoms with Crippen LogP contribution in [0.3, 0.4) is 0 Å². The van der Waals surface area contributed by atoms with Gasteiger partial charge in [-0.3, -0.25) is 9.69 Å². The van der Waals surface area contributed by atoms with E-state index >= 15 is 0 Å². The number of benzene rings is 1. The first kappa shape index (κ1) is 20.3. The summed E-state index contributed by atoms with van der Waals surface area (Å²) in [6.07, 6.45) is 0.903. The molecule has 0 bridgehead atoms. The van der Waals surface area contributed by atoms with Crippen molar-refractivity contribution in [2.75, 3.05) is 41.0 Å². The van der Waals surface area contributed by atoms with Crippen molar-refractivity contribution in [3.63, 3.8) is 0 Å². The Bertz CT molecular complexity index is 608. The smallest absolute Gasteiger partial charge is 0.234 e. The Kier molecular flexibility index (Phi) is 6.72. The lowest BCUT2D eigenvalue weighted by Gasteiger charge is -2.42. The summed E-state index contributed by atoms with van der Waals surface area (Å²) in [5.74, 6) is 1.84. The first-order valence-corrected chi connectivity index (χ1v) is 8.84. The van der Waals surface area contributed by atoms with Gasteiger partial charge in [0.2, 0.25) is 5.91 Å². The van der Waals surface area contributed by atoms with Gasteiger partial charge in [-0.1, -0.05) is 13.8 Å². The van der Waals surface area contributed by atoms with E-state index in [0.717, 1.165) is 25.1 Å². The van der Waals surface area contributed by atoms with Crippen LogP contribution in [0.2, 0.25) is 0 Å². The average molecular weight is 365 g/mol. The lowest BCUT2D eigenvalue weighted by atomic mass is 9.80.